The SMILES string of the molecule is C1=CCCC=CCC1.Cc1cc(C)c(N2[C]N(c3c(C)cc(C)cc3C)C=C2)c(C)c1.F[P-](F)(F)(F)(F)F.[Ir].c1ccc(CP(Cc2ccccc2)Cc2ccccc2)cc1. The Labute approximate surface area is 374 Å². The summed E-state index contributed by atoms with van der Waals surface area (Å²) in [5, 5.41) is 0. The van der Waals surface area contributed by atoms with E-state index in [9.17, 15) is 25.2 Å². The van der Waals surface area contributed by atoms with Gasteiger partial charge in [-0.2, -0.15) is 0 Å². The molecule has 5 aromatic carbocycles. The van der Waals surface area contributed by atoms with Crippen molar-refractivity contribution in [3.8, 4) is 0 Å². The quantitative estimate of drug-likeness (QED) is 0.0868. The van der Waals surface area contributed by atoms with Gasteiger partial charge in [0.15, 0.2) is 0 Å². The molecule has 2 aliphatic rings. The second-order valence-electron chi connectivity index (χ2n) is 15.3. The third-order valence-electron chi connectivity index (χ3n) is 9.41. The molecule has 0 aromatic heterocycles. The fraction of sp³-hybridized carbons (Fsp3) is 0.260. The number of halogens is 6. The first-order valence-electron chi connectivity index (χ1n) is 20.1. The maximum Gasteiger partial charge on any atom is 0 e. The first-order chi connectivity index (χ1) is 28.2. The Kier molecular flexibility index (Phi) is 19.3. The van der Waals surface area contributed by atoms with Crippen LogP contribution in [0.5, 0.6) is 0 Å². The van der Waals surface area contributed by atoms with Crippen molar-refractivity contribution in [3.05, 3.63) is 209 Å². The maximum atomic E-state index is 9.87. The van der Waals surface area contributed by atoms with Gasteiger partial charge in [0, 0.05) is 43.9 Å². The summed E-state index contributed by atoms with van der Waals surface area (Å²) in [6.07, 6.45) is 21.8. The fourth-order valence-electron chi connectivity index (χ4n) is 7.22. The molecule has 61 heavy (non-hydrogen) atoms. The predicted octanol–water partition coefficient (Wildman–Crippen LogP) is 17.5. The first kappa shape index (κ1) is 51.4. The summed E-state index contributed by atoms with van der Waals surface area (Å²) in [6, 6.07) is 41.6. The van der Waals surface area contributed by atoms with E-state index in [1.807, 2.05) is 0 Å². The van der Waals surface area contributed by atoms with Crippen LogP contribution in [-0.4, -0.2) is 0 Å². The molecule has 0 amide bonds. The van der Waals surface area contributed by atoms with Crippen LogP contribution >= 0.6 is 15.7 Å². The monoisotopic (exact) mass is 1050 g/mol. The molecule has 7 rings (SSSR count). The number of nitrogens with zero attached hydrogens (tertiary/aromatic N) is 2. The smallest absolute Gasteiger partial charge is 0 e. The van der Waals surface area contributed by atoms with Gasteiger partial charge in [0.05, 0.1) is 0 Å². The van der Waals surface area contributed by atoms with E-state index in [-0.39, 0.29) is 28.0 Å². The van der Waals surface area contributed by atoms with Gasteiger partial charge < -0.3 is 9.80 Å². The molecule has 0 atom stereocenters. The van der Waals surface area contributed by atoms with Gasteiger partial charge in [0.25, 0.3) is 0 Å². The van der Waals surface area contributed by atoms with Crippen LogP contribution in [0.25, 0.3) is 0 Å². The van der Waals surface area contributed by atoms with E-state index in [4.69, 9.17) is 0 Å². The molecule has 0 spiro atoms. The van der Waals surface area contributed by atoms with Crippen molar-refractivity contribution in [2.45, 2.75) is 85.7 Å². The molecule has 1 aliphatic heterocycles. The molecule has 0 saturated heterocycles. The Morgan fingerprint density at radius 2 is 0.705 bits per heavy atom. The molecule has 2 nitrogen and oxygen atoms in total. The summed E-state index contributed by atoms with van der Waals surface area (Å²) >= 11 is 0. The van der Waals surface area contributed by atoms with Gasteiger partial charge in [-0.05, 0) is 125 Å². The van der Waals surface area contributed by atoms with Crippen molar-refractivity contribution < 1.29 is 45.3 Å². The third-order valence-corrected chi connectivity index (χ3v) is 11.9. The Hall–Kier alpha value is -3.99. The van der Waals surface area contributed by atoms with Gasteiger partial charge in [-0.1, -0.05) is 159 Å². The largest absolute Gasteiger partial charge is 0.0932 e. The predicted molar refractivity (Wildman–Crippen MR) is 246 cm³/mol. The maximum absolute atomic E-state index is 10.7. The molecule has 1 heterocycles. The van der Waals surface area contributed by atoms with Gasteiger partial charge >= 0.3 is 33.0 Å². The van der Waals surface area contributed by atoms with Crippen LogP contribution in [0, 0.1) is 48.2 Å². The number of rotatable bonds is 8. The second kappa shape index (κ2) is 22.9. The topological polar surface area (TPSA) is 6.48 Å². The van der Waals surface area contributed by atoms with Crippen LogP contribution < -0.4 is 9.80 Å². The van der Waals surface area contributed by atoms with Crippen LogP contribution in [0.4, 0.5) is 36.6 Å². The summed E-state index contributed by atoms with van der Waals surface area (Å²) in [7, 11) is -10.7. The Bertz CT molecular complexity index is 1950. The van der Waals surface area contributed by atoms with Crippen LogP contribution in [0.3, 0.4) is 0 Å². The van der Waals surface area contributed by atoms with E-state index in [2.05, 4.69) is 210 Å². The minimum atomic E-state index is -10.7. The number of hydrogen-bond donors (Lipinski definition) is 0. The minimum absolute atomic E-state index is 0. The molecule has 0 unspecified atom stereocenters. The van der Waals surface area contributed by atoms with Crippen molar-refractivity contribution >= 4 is 27.1 Å². The average molecular weight is 1050 g/mol. The zero-order valence-electron chi connectivity index (χ0n) is 35.8. The van der Waals surface area contributed by atoms with Crippen molar-refractivity contribution in [1.29, 1.82) is 0 Å². The molecule has 0 bridgehead atoms. The first-order valence-corrected chi connectivity index (χ1v) is 24.0. The van der Waals surface area contributed by atoms with Crippen LogP contribution in [0.15, 0.2) is 152 Å². The van der Waals surface area contributed by atoms with E-state index in [0.717, 1.165) is 0 Å². The molecule has 5 aromatic rings. The molecule has 1 aliphatic carbocycles. The van der Waals surface area contributed by atoms with Crippen molar-refractivity contribution in [3.63, 3.8) is 0 Å². The molecule has 0 saturated carbocycles. The summed E-state index contributed by atoms with van der Waals surface area (Å²) in [5.41, 5.74) is 14.5. The average Bonchev–Trinajstić information content (AvgIpc) is 3.60. The normalized spacial score (nSPS) is 14.4. The molecule has 0 N–H and O–H groups in total. The van der Waals surface area contributed by atoms with Gasteiger partial charge in [-0.15, -0.1) is 0 Å². The number of hydrogen-bond acceptors (Lipinski definition) is 2. The molecule has 11 heteroatoms. The Morgan fingerprint density at radius 3 is 0.951 bits per heavy atom. The van der Waals surface area contributed by atoms with E-state index in [1.54, 1.807) is 0 Å². The molecule has 329 valence electrons. The number of benzene rings is 5. The minimum Gasteiger partial charge on any atom is -0.0932 e. The molecule has 0 fully saturated rings. The fourth-order valence-corrected chi connectivity index (χ4v) is 9.74. The van der Waals surface area contributed by atoms with E-state index < -0.39 is 7.81 Å². The Morgan fingerprint density at radius 1 is 0.459 bits per heavy atom. The standard InChI is InChI=1S/C21H24N2.C21H21P.C8H12.F6P.Ir/c1-14-9-16(3)20(17(4)10-14)22-7-8-23(13-22)21-18(5)11-15(2)12-19(21)6;1-4-10-19(11-5-1)16-22(17-20-12-6-2-7-13-20)18-21-14-8-3-9-15-21;1-2-4-6-8-7-5-3-1;1-7(2,3,4,5)6;/h7-12H,1-6H3;1-15H,16-18H2;1-2,7-8H,3-6H2;;/q;;;-1;. The van der Waals surface area contributed by atoms with E-state index in [0.29, 0.717) is 0 Å². The van der Waals surface area contributed by atoms with Gasteiger partial charge in [0.2, 0.25) is 6.67 Å². The van der Waals surface area contributed by atoms with Crippen LogP contribution in [0.1, 0.15) is 75.8 Å². The molecular weight excluding hydrogens is 997 g/mol. The second-order valence-corrected chi connectivity index (χ2v) is 19.5. The summed E-state index contributed by atoms with van der Waals surface area (Å²) in [6.45, 7) is 16.4. The molecular formula is C50H57F6IrN2P2-. The van der Waals surface area contributed by atoms with Gasteiger partial charge in [-0.3, -0.25) is 0 Å². The van der Waals surface area contributed by atoms with Gasteiger partial charge in [0.1, 0.15) is 0 Å². The number of aryl methyl sites for hydroxylation is 6. The summed E-state index contributed by atoms with van der Waals surface area (Å²) in [4.78, 5) is 4.20. The molecule has 3 radical (unpaired) electrons. The van der Waals surface area contributed by atoms with Crippen molar-refractivity contribution in [2.24, 2.45) is 0 Å². The Balaban J connectivity index is 0.000000242. The van der Waals surface area contributed by atoms with Crippen LogP contribution in [-0.2, 0) is 38.6 Å². The summed E-state index contributed by atoms with van der Waals surface area (Å²) < 4.78 is 59.2. The van der Waals surface area contributed by atoms with E-state index in [1.165, 1.54) is 106 Å². The van der Waals surface area contributed by atoms with Crippen LogP contribution in [0.2, 0.25) is 0 Å². The summed E-state index contributed by atoms with van der Waals surface area (Å²) in [5.74, 6) is 0. The van der Waals surface area contributed by atoms with E-state index >= 15 is 0 Å². The third kappa shape index (κ3) is 20.6. The van der Waals surface area contributed by atoms with Crippen molar-refractivity contribution in [2.75, 3.05) is 9.80 Å². The zero-order valence-corrected chi connectivity index (χ0v) is 40.0. The van der Waals surface area contributed by atoms with Gasteiger partial charge in [-0.25, -0.2) is 0 Å². The number of anilines is 2. The number of allylic oxidation sites excluding steroid dienone is 4. The van der Waals surface area contributed by atoms with Crippen molar-refractivity contribution in [1.82, 2.24) is 0 Å². The zero-order chi connectivity index (χ0) is 43.8.